The molecule has 19 heavy (non-hydrogen) atoms. The highest BCUT2D eigenvalue weighted by Gasteiger charge is 2.13. The lowest BCUT2D eigenvalue weighted by atomic mass is 10.2. The van der Waals surface area contributed by atoms with Crippen LogP contribution in [0.1, 0.15) is 12.5 Å². The first-order valence-electron chi connectivity index (χ1n) is 6.47. The van der Waals surface area contributed by atoms with Crippen molar-refractivity contribution in [2.45, 2.75) is 13.8 Å². The molecule has 1 heterocycles. The van der Waals surface area contributed by atoms with Crippen LogP contribution in [0, 0.1) is 6.92 Å². The third-order valence-corrected chi connectivity index (χ3v) is 3.06. The quantitative estimate of drug-likeness (QED) is 0.713. The van der Waals surface area contributed by atoms with E-state index in [0.29, 0.717) is 6.61 Å². The highest BCUT2D eigenvalue weighted by atomic mass is 16.7. The lowest BCUT2D eigenvalue weighted by Crippen LogP contribution is -2.11. The van der Waals surface area contributed by atoms with Crippen LogP contribution in [0.25, 0.3) is 22.4 Å². The molecule has 0 unspecified atom stereocenters. The van der Waals surface area contributed by atoms with Gasteiger partial charge in [0.15, 0.2) is 5.82 Å². The fourth-order valence-corrected chi connectivity index (χ4v) is 2.20. The maximum absolute atomic E-state index is 5.74. The molecule has 0 atom stereocenters. The van der Waals surface area contributed by atoms with Crippen LogP contribution in [0.3, 0.4) is 0 Å². The molecule has 2 aromatic carbocycles. The number of hydrogen-bond acceptors (Lipinski definition) is 2. The van der Waals surface area contributed by atoms with Gasteiger partial charge in [0.1, 0.15) is 12.1 Å². The van der Waals surface area contributed by atoms with E-state index >= 15 is 0 Å². The molecule has 0 N–H and O–H groups in total. The summed E-state index contributed by atoms with van der Waals surface area (Å²) in [4.78, 5) is 10.4. The standard InChI is InChI=1S/C16H16N2O/c1-3-19-18-15-10-9-12(2)11-14(15)17-16(18)13-7-5-4-6-8-13/h4-11H,3H2,1-2H3. The Morgan fingerprint density at radius 3 is 2.63 bits per heavy atom. The van der Waals surface area contributed by atoms with Gasteiger partial charge in [0.05, 0.1) is 5.52 Å². The van der Waals surface area contributed by atoms with Gasteiger partial charge in [-0.05, 0) is 31.5 Å². The summed E-state index contributed by atoms with van der Waals surface area (Å²) in [6.45, 7) is 4.66. The molecule has 3 nitrogen and oxygen atoms in total. The summed E-state index contributed by atoms with van der Waals surface area (Å²) < 4.78 is 1.82. The SMILES string of the molecule is CCOn1c(-c2ccccc2)nc2cc(C)ccc21. The highest BCUT2D eigenvalue weighted by molar-refractivity contribution is 5.80. The molecule has 0 saturated carbocycles. The fourth-order valence-electron chi connectivity index (χ4n) is 2.20. The summed E-state index contributed by atoms with van der Waals surface area (Å²) in [6, 6.07) is 16.3. The zero-order valence-corrected chi connectivity index (χ0v) is 11.1. The smallest absolute Gasteiger partial charge is 0.176 e. The Bertz CT molecular complexity index is 701. The second-order valence-corrected chi connectivity index (χ2v) is 4.51. The Balaban J connectivity index is 2.26. The molecule has 3 heteroatoms. The van der Waals surface area contributed by atoms with Crippen LogP contribution in [0.5, 0.6) is 0 Å². The second-order valence-electron chi connectivity index (χ2n) is 4.51. The van der Waals surface area contributed by atoms with E-state index in [-0.39, 0.29) is 0 Å². The topological polar surface area (TPSA) is 27.1 Å². The van der Waals surface area contributed by atoms with E-state index in [4.69, 9.17) is 9.82 Å². The Kier molecular flexibility index (Phi) is 2.95. The van der Waals surface area contributed by atoms with Crippen LogP contribution in [0.4, 0.5) is 0 Å². The van der Waals surface area contributed by atoms with Gasteiger partial charge in [0.2, 0.25) is 0 Å². The van der Waals surface area contributed by atoms with Gasteiger partial charge in [0, 0.05) is 5.56 Å². The molecule has 0 aliphatic heterocycles. The van der Waals surface area contributed by atoms with Gasteiger partial charge >= 0.3 is 0 Å². The van der Waals surface area contributed by atoms with Crippen molar-refractivity contribution < 1.29 is 4.84 Å². The predicted octanol–water partition coefficient (Wildman–Crippen LogP) is 3.46. The Hall–Kier alpha value is -2.29. The first-order chi connectivity index (χ1) is 9.29. The molecule has 0 amide bonds. The number of aromatic nitrogens is 2. The number of rotatable bonds is 3. The minimum absolute atomic E-state index is 0.610. The van der Waals surface area contributed by atoms with E-state index in [0.717, 1.165) is 22.4 Å². The van der Waals surface area contributed by atoms with E-state index in [1.54, 1.807) is 0 Å². The molecule has 96 valence electrons. The Morgan fingerprint density at radius 1 is 1.11 bits per heavy atom. The van der Waals surface area contributed by atoms with Crippen LogP contribution in [0.15, 0.2) is 48.5 Å². The van der Waals surface area contributed by atoms with Crippen molar-refractivity contribution in [3.05, 3.63) is 54.1 Å². The minimum atomic E-state index is 0.610. The van der Waals surface area contributed by atoms with E-state index in [1.807, 2.05) is 42.0 Å². The van der Waals surface area contributed by atoms with Crippen molar-refractivity contribution in [2.75, 3.05) is 6.61 Å². The molecule has 0 saturated heterocycles. The van der Waals surface area contributed by atoms with Crippen molar-refractivity contribution in [3.63, 3.8) is 0 Å². The minimum Gasteiger partial charge on any atom is -0.412 e. The first-order valence-corrected chi connectivity index (χ1v) is 6.47. The maximum Gasteiger partial charge on any atom is 0.176 e. The predicted molar refractivity (Wildman–Crippen MR) is 77.0 cm³/mol. The highest BCUT2D eigenvalue weighted by Crippen LogP contribution is 2.24. The second kappa shape index (κ2) is 4.76. The Morgan fingerprint density at radius 2 is 1.89 bits per heavy atom. The Labute approximate surface area is 112 Å². The van der Waals surface area contributed by atoms with E-state index < -0.39 is 0 Å². The van der Waals surface area contributed by atoms with Crippen molar-refractivity contribution in [1.29, 1.82) is 0 Å². The van der Waals surface area contributed by atoms with Gasteiger partial charge < -0.3 is 4.84 Å². The van der Waals surface area contributed by atoms with E-state index in [9.17, 15) is 0 Å². The summed E-state index contributed by atoms with van der Waals surface area (Å²) >= 11 is 0. The summed E-state index contributed by atoms with van der Waals surface area (Å²) in [7, 11) is 0. The number of aryl methyl sites for hydroxylation is 1. The lowest BCUT2D eigenvalue weighted by Gasteiger charge is -2.08. The molecule has 0 fully saturated rings. The normalized spacial score (nSPS) is 10.8. The largest absolute Gasteiger partial charge is 0.412 e. The molecular weight excluding hydrogens is 236 g/mol. The van der Waals surface area contributed by atoms with Gasteiger partial charge in [0.25, 0.3) is 0 Å². The lowest BCUT2D eigenvalue weighted by molar-refractivity contribution is 0.135. The molecule has 0 bridgehead atoms. The zero-order chi connectivity index (χ0) is 13.2. The molecule has 0 radical (unpaired) electrons. The molecule has 3 rings (SSSR count). The van der Waals surface area contributed by atoms with Crippen LogP contribution in [-0.4, -0.2) is 16.3 Å². The van der Waals surface area contributed by atoms with Gasteiger partial charge in [-0.3, -0.25) is 0 Å². The van der Waals surface area contributed by atoms with Crippen LogP contribution in [-0.2, 0) is 0 Å². The van der Waals surface area contributed by atoms with Crippen molar-refractivity contribution in [2.24, 2.45) is 0 Å². The third-order valence-electron chi connectivity index (χ3n) is 3.06. The van der Waals surface area contributed by atoms with Crippen molar-refractivity contribution >= 4 is 11.0 Å². The van der Waals surface area contributed by atoms with Gasteiger partial charge in [-0.25, -0.2) is 4.98 Å². The van der Waals surface area contributed by atoms with Crippen LogP contribution >= 0.6 is 0 Å². The summed E-state index contributed by atoms with van der Waals surface area (Å²) in [5.41, 5.74) is 4.23. The monoisotopic (exact) mass is 252 g/mol. The van der Waals surface area contributed by atoms with Gasteiger partial charge in [-0.15, -0.1) is 0 Å². The molecule has 0 aliphatic carbocycles. The summed E-state index contributed by atoms with van der Waals surface area (Å²) in [6.07, 6.45) is 0. The maximum atomic E-state index is 5.74. The molecule has 3 aromatic rings. The summed E-state index contributed by atoms with van der Waals surface area (Å²) in [5.74, 6) is 0.850. The molecule has 0 aliphatic rings. The average molecular weight is 252 g/mol. The van der Waals surface area contributed by atoms with Crippen molar-refractivity contribution in [3.8, 4) is 11.4 Å². The molecule has 0 spiro atoms. The number of benzene rings is 2. The van der Waals surface area contributed by atoms with Gasteiger partial charge in [-0.2, -0.15) is 4.73 Å². The number of fused-ring (bicyclic) bond motifs is 1. The van der Waals surface area contributed by atoms with E-state index in [1.165, 1.54) is 5.56 Å². The number of nitrogens with zero attached hydrogens (tertiary/aromatic N) is 2. The van der Waals surface area contributed by atoms with Crippen LogP contribution < -0.4 is 4.84 Å². The number of hydrogen-bond donors (Lipinski definition) is 0. The average Bonchev–Trinajstić information content (AvgIpc) is 2.78. The van der Waals surface area contributed by atoms with E-state index in [2.05, 4.69) is 25.1 Å². The fraction of sp³-hybridized carbons (Fsp3) is 0.188. The van der Waals surface area contributed by atoms with Gasteiger partial charge in [-0.1, -0.05) is 36.4 Å². The van der Waals surface area contributed by atoms with Crippen molar-refractivity contribution in [1.82, 2.24) is 9.71 Å². The third kappa shape index (κ3) is 2.08. The first kappa shape index (κ1) is 11.8. The number of imidazole rings is 1. The zero-order valence-electron chi connectivity index (χ0n) is 11.1. The van der Waals surface area contributed by atoms with Crippen LogP contribution in [0.2, 0.25) is 0 Å². The molecule has 1 aromatic heterocycles. The summed E-state index contributed by atoms with van der Waals surface area (Å²) in [5, 5.41) is 0. The molecular formula is C16H16N2O.